The van der Waals surface area contributed by atoms with E-state index in [-0.39, 0.29) is 5.41 Å². The van der Waals surface area contributed by atoms with Gasteiger partial charge in [-0.15, -0.1) is 0 Å². The van der Waals surface area contributed by atoms with Gasteiger partial charge in [0.1, 0.15) is 17.3 Å². The third-order valence-electron chi connectivity index (χ3n) is 10.3. The third kappa shape index (κ3) is 6.62. The molecule has 4 aromatic carbocycles. The van der Waals surface area contributed by atoms with Crippen molar-refractivity contribution in [2.45, 2.75) is 86.5 Å². The first kappa shape index (κ1) is 34.4. The molecular formula is C46H52N4O. The highest BCUT2D eigenvalue weighted by Crippen LogP contribution is 2.41. The summed E-state index contributed by atoms with van der Waals surface area (Å²) in [5, 5.41) is 2.48. The number of pyridine rings is 1. The van der Waals surface area contributed by atoms with Gasteiger partial charge in [-0.2, -0.15) is 0 Å². The van der Waals surface area contributed by atoms with Crippen molar-refractivity contribution in [3.8, 4) is 28.4 Å². The Morgan fingerprint density at radius 2 is 1.51 bits per heavy atom. The van der Waals surface area contributed by atoms with E-state index in [0.717, 1.165) is 66.4 Å². The van der Waals surface area contributed by atoms with E-state index in [9.17, 15) is 0 Å². The summed E-state index contributed by atoms with van der Waals surface area (Å²) in [4.78, 5) is 9.48. The molecule has 0 saturated heterocycles. The second-order valence-electron chi connectivity index (χ2n) is 15.5. The Morgan fingerprint density at radius 3 is 2.20 bits per heavy atom. The standard InChI is InChI=1S/C46H52N4O/c1-10-12-33-14-16-41-40-17-15-37(28-42(40)50(45(41)39(33)13-11-2)43-26-35(18-19-47-43)46(6,7)8)51-38-25-34(44-31(4)22-30(3)23-32(44)5)24-36(27-38)49-21-20-48(9)29-49/h14-28H,10-13,29H2,1-9H3. The van der Waals surface area contributed by atoms with Gasteiger partial charge in [-0.25, -0.2) is 4.98 Å². The molecule has 0 aliphatic carbocycles. The second-order valence-corrected chi connectivity index (χ2v) is 15.5. The molecule has 1 aliphatic rings. The molecule has 0 atom stereocenters. The fourth-order valence-electron chi connectivity index (χ4n) is 7.96. The average Bonchev–Trinajstić information content (AvgIpc) is 3.66. The van der Waals surface area contributed by atoms with E-state index in [1.807, 2.05) is 6.20 Å². The summed E-state index contributed by atoms with van der Waals surface area (Å²) in [6.45, 7) is 18.7. The number of fused-ring (bicyclic) bond motifs is 3. The van der Waals surface area contributed by atoms with Crippen LogP contribution in [0.1, 0.15) is 80.8 Å². The zero-order valence-electron chi connectivity index (χ0n) is 31.9. The molecule has 0 fully saturated rings. The number of ether oxygens (including phenoxy) is 1. The molecule has 1 aliphatic heterocycles. The minimum absolute atomic E-state index is 0.000556. The largest absolute Gasteiger partial charge is 0.457 e. The van der Waals surface area contributed by atoms with Gasteiger partial charge in [-0.3, -0.25) is 4.57 Å². The highest BCUT2D eigenvalue weighted by atomic mass is 16.5. The summed E-state index contributed by atoms with van der Waals surface area (Å²) in [5.41, 5.74) is 13.9. The predicted octanol–water partition coefficient (Wildman–Crippen LogP) is 11.9. The van der Waals surface area contributed by atoms with Crippen LogP contribution in [-0.2, 0) is 18.3 Å². The lowest BCUT2D eigenvalue weighted by molar-refractivity contribution is 0.481. The molecule has 0 amide bonds. The summed E-state index contributed by atoms with van der Waals surface area (Å²) in [7, 11) is 2.10. The number of hydrogen-bond acceptors (Lipinski definition) is 4. The molecule has 0 N–H and O–H groups in total. The van der Waals surface area contributed by atoms with Crippen LogP contribution in [0.5, 0.6) is 11.5 Å². The van der Waals surface area contributed by atoms with Crippen LogP contribution in [0.15, 0.2) is 91.4 Å². The van der Waals surface area contributed by atoms with Crippen LogP contribution in [0.3, 0.4) is 0 Å². The quantitative estimate of drug-likeness (QED) is 0.153. The van der Waals surface area contributed by atoms with Crippen molar-refractivity contribution in [2.24, 2.45) is 0 Å². The molecule has 5 heteroatoms. The summed E-state index contributed by atoms with van der Waals surface area (Å²) in [6, 6.07) is 26.9. The fraction of sp³-hybridized carbons (Fsp3) is 0.326. The first-order valence-electron chi connectivity index (χ1n) is 18.6. The summed E-state index contributed by atoms with van der Waals surface area (Å²) < 4.78 is 9.29. The first-order chi connectivity index (χ1) is 24.4. The molecule has 0 spiro atoms. The average molecular weight is 677 g/mol. The third-order valence-corrected chi connectivity index (χ3v) is 10.3. The lowest BCUT2D eigenvalue weighted by Crippen LogP contribution is -2.21. The fourth-order valence-corrected chi connectivity index (χ4v) is 7.96. The number of aryl methyl sites for hydroxylation is 5. The Bertz CT molecular complexity index is 2260. The molecule has 6 aromatic rings. The Morgan fingerprint density at radius 1 is 0.765 bits per heavy atom. The Kier molecular flexibility index (Phi) is 9.18. The SMILES string of the molecule is CCCc1ccc2c3ccc(Oc4cc(-c5c(C)cc(C)cc5C)cc(N5C=CN(C)C5)c4)cc3n(-c3cc(C(C)(C)C)ccn3)c2c1CCC. The van der Waals surface area contributed by atoms with Crippen LogP contribution < -0.4 is 9.64 Å². The predicted molar refractivity (Wildman–Crippen MR) is 216 cm³/mol. The summed E-state index contributed by atoms with van der Waals surface area (Å²) in [5.74, 6) is 2.57. The van der Waals surface area contributed by atoms with Gasteiger partial charge in [-0.1, -0.05) is 77.3 Å². The molecule has 5 nitrogen and oxygen atoms in total. The van der Waals surface area contributed by atoms with E-state index in [2.05, 4.69) is 162 Å². The van der Waals surface area contributed by atoms with Crippen molar-refractivity contribution < 1.29 is 4.74 Å². The van der Waals surface area contributed by atoms with Gasteiger partial charge < -0.3 is 14.5 Å². The van der Waals surface area contributed by atoms with Crippen LogP contribution in [0.4, 0.5) is 5.69 Å². The highest BCUT2D eigenvalue weighted by Gasteiger charge is 2.22. The first-order valence-corrected chi connectivity index (χ1v) is 18.6. The van der Waals surface area contributed by atoms with Crippen molar-refractivity contribution in [1.82, 2.24) is 14.5 Å². The molecule has 2 aromatic heterocycles. The van der Waals surface area contributed by atoms with E-state index >= 15 is 0 Å². The number of aromatic nitrogens is 2. The van der Waals surface area contributed by atoms with E-state index < -0.39 is 0 Å². The number of anilines is 1. The lowest BCUT2D eigenvalue weighted by atomic mass is 9.88. The Hall–Kier alpha value is -5.03. The molecule has 0 saturated carbocycles. The highest BCUT2D eigenvalue weighted by molar-refractivity contribution is 6.11. The Balaban J connectivity index is 1.43. The Labute approximate surface area is 304 Å². The van der Waals surface area contributed by atoms with Crippen LogP contribution in [-0.4, -0.2) is 28.2 Å². The van der Waals surface area contributed by atoms with Gasteiger partial charge in [0.05, 0.1) is 17.7 Å². The zero-order valence-corrected chi connectivity index (χ0v) is 31.9. The number of rotatable bonds is 9. The molecule has 7 rings (SSSR count). The van der Waals surface area contributed by atoms with E-state index in [1.165, 1.54) is 55.2 Å². The maximum Gasteiger partial charge on any atom is 0.137 e. The van der Waals surface area contributed by atoms with Gasteiger partial charge in [0.15, 0.2) is 0 Å². The van der Waals surface area contributed by atoms with Gasteiger partial charge >= 0.3 is 0 Å². The van der Waals surface area contributed by atoms with Crippen LogP contribution >= 0.6 is 0 Å². The smallest absolute Gasteiger partial charge is 0.137 e. The molecule has 3 heterocycles. The van der Waals surface area contributed by atoms with Gasteiger partial charge in [0, 0.05) is 54.2 Å². The number of nitrogens with zero attached hydrogens (tertiary/aromatic N) is 4. The number of hydrogen-bond donors (Lipinski definition) is 0. The van der Waals surface area contributed by atoms with Gasteiger partial charge in [0.25, 0.3) is 0 Å². The molecule has 0 bridgehead atoms. The zero-order chi connectivity index (χ0) is 36.0. The van der Waals surface area contributed by atoms with Crippen molar-refractivity contribution in [3.05, 3.63) is 125 Å². The van der Waals surface area contributed by atoms with Crippen molar-refractivity contribution in [1.29, 1.82) is 0 Å². The van der Waals surface area contributed by atoms with Crippen molar-refractivity contribution in [2.75, 3.05) is 18.6 Å². The van der Waals surface area contributed by atoms with E-state index in [1.54, 1.807) is 0 Å². The van der Waals surface area contributed by atoms with E-state index in [4.69, 9.17) is 9.72 Å². The summed E-state index contributed by atoms with van der Waals surface area (Å²) >= 11 is 0. The van der Waals surface area contributed by atoms with Crippen molar-refractivity contribution in [3.63, 3.8) is 0 Å². The van der Waals surface area contributed by atoms with Crippen molar-refractivity contribution >= 4 is 27.5 Å². The van der Waals surface area contributed by atoms with Gasteiger partial charge in [0.2, 0.25) is 0 Å². The molecule has 0 unspecified atom stereocenters. The lowest BCUT2D eigenvalue weighted by Gasteiger charge is -2.21. The maximum absolute atomic E-state index is 6.89. The molecule has 262 valence electrons. The minimum Gasteiger partial charge on any atom is -0.457 e. The number of benzene rings is 4. The normalized spacial score (nSPS) is 13.3. The second kappa shape index (κ2) is 13.6. The topological polar surface area (TPSA) is 33.5 Å². The summed E-state index contributed by atoms with van der Waals surface area (Å²) in [6.07, 6.45) is 10.5. The molecular weight excluding hydrogens is 625 g/mol. The van der Waals surface area contributed by atoms with E-state index in [0.29, 0.717) is 0 Å². The monoisotopic (exact) mass is 676 g/mol. The van der Waals surface area contributed by atoms with Crippen LogP contribution in [0.25, 0.3) is 38.8 Å². The maximum atomic E-state index is 6.89. The van der Waals surface area contributed by atoms with Gasteiger partial charge in [-0.05, 0) is 114 Å². The molecule has 0 radical (unpaired) electrons. The van der Waals surface area contributed by atoms with Crippen LogP contribution in [0, 0.1) is 20.8 Å². The minimum atomic E-state index is 0.000556. The van der Waals surface area contributed by atoms with Crippen LogP contribution in [0.2, 0.25) is 0 Å². The molecule has 51 heavy (non-hydrogen) atoms.